The number of alkyl carbamates (subject to hydrolysis) is 1. The van der Waals surface area contributed by atoms with E-state index in [-0.39, 0.29) is 24.5 Å². The molecule has 3 aromatic carbocycles. The number of ether oxygens (including phenoxy) is 1. The van der Waals surface area contributed by atoms with Gasteiger partial charge in [-0.25, -0.2) is 4.79 Å². The van der Waals surface area contributed by atoms with Gasteiger partial charge >= 0.3 is 6.09 Å². The molecule has 0 radical (unpaired) electrons. The van der Waals surface area contributed by atoms with Crippen molar-refractivity contribution in [2.75, 3.05) is 11.9 Å². The topological polar surface area (TPSA) is 128 Å². The maximum atomic E-state index is 14.3. The fraction of sp³-hybridized carbons (Fsp3) is 0.303. The van der Waals surface area contributed by atoms with Crippen LogP contribution >= 0.6 is 0 Å². The van der Waals surface area contributed by atoms with Crippen molar-refractivity contribution in [2.45, 2.75) is 58.7 Å². The summed E-state index contributed by atoms with van der Waals surface area (Å²) in [5.41, 5.74) is 2.52. The van der Waals surface area contributed by atoms with Crippen LogP contribution in [0.15, 0.2) is 79.4 Å². The minimum Gasteiger partial charge on any atom is -0.508 e. The van der Waals surface area contributed by atoms with E-state index in [1.54, 1.807) is 45.0 Å². The molecule has 3 rings (SSSR count). The Kier molecular flexibility index (Phi) is 10.4. The lowest BCUT2D eigenvalue weighted by molar-refractivity contribution is -0.140. The molecule has 0 spiro atoms. The molecule has 222 valence electrons. The number of phenolic OH excluding ortho intramolecular Hbond substituents is 2. The molecule has 0 bridgehead atoms. The molecule has 2 atom stereocenters. The molecule has 0 saturated heterocycles. The van der Waals surface area contributed by atoms with E-state index in [1.807, 2.05) is 32.0 Å². The predicted octanol–water partition coefficient (Wildman–Crippen LogP) is 5.55. The van der Waals surface area contributed by atoms with Crippen LogP contribution in [0.1, 0.15) is 49.1 Å². The zero-order valence-corrected chi connectivity index (χ0v) is 24.7. The first-order valence-corrected chi connectivity index (χ1v) is 13.6. The molecular formula is C33H39N3O6. The average molecular weight is 574 g/mol. The van der Waals surface area contributed by atoms with Crippen molar-refractivity contribution in [3.63, 3.8) is 0 Å². The Balaban J connectivity index is 2.07. The maximum Gasteiger partial charge on any atom is 0.408 e. The van der Waals surface area contributed by atoms with E-state index in [1.165, 1.54) is 35.2 Å². The van der Waals surface area contributed by atoms with Gasteiger partial charge in [0.05, 0.1) is 0 Å². The lowest BCUT2D eigenvalue weighted by atomic mass is 9.99. The fourth-order valence-corrected chi connectivity index (χ4v) is 4.55. The van der Waals surface area contributed by atoms with Crippen molar-refractivity contribution < 1.29 is 29.3 Å². The number of hydrogen-bond acceptors (Lipinski definition) is 6. The number of aromatic hydroxyl groups is 2. The van der Waals surface area contributed by atoms with Crippen molar-refractivity contribution in [2.24, 2.45) is 0 Å². The molecule has 42 heavy (non-hydrogen) atoms. The molecule has 3 aromatic rings. The van der Waals surface area contributed by atoms with Gasteiger partial charge in [0, 0.05) is 18.7 Å². The highest BCUT2D eigenvalue weighted by atomic mass is 16.6. The first kappa shape index (κ1) is 31.7. The highest BCUT2D eigenvalue weighted by Crippen LogP contribution is 2.29. The van der Waals surface area contributed by atoms with Crippen LogP contribution in [0.4, 0.5) is 10.5 Å². The molecule has 0 aromatic heterocycles. The Hall–Kier alpha value is -4.79. The average Bonchev–Trinajstić information content (AvgIpc) is 2.90. The van der Waals surface area contributed by atoms with Gasteiger partial charge in [-0.2, -0.15) is 0 Å². The quantitative estimate of drug-likeness (QED) is 0.236. The van der Waals surface area contributed by atoms with Crippen LogP contribution in [0.2, 0.25) is 0 Å². The van der Waals surface area contributed by atoms with Crippen molar-refractivity contribution >= 4 is 23.6 Å². The molecule has 0 aliphatic carbocycles. The Morgan fingerprint density at radius 3 is 2.14 bits per heavy atom. The first-order valence-electron chi connectivity index (χ1n) is 13.6. The highest BCUT2D eigenvalue weighted by molar-refractivity contribution is 6.00. The number of hydrogen-bond donors (Lipinski definition) is 4. The van der Waals surface area contributed by atoms with Gasteiger partial charge < -0.3 is 30.5 Å². The number of rotatable bonds is 10. The van der Waals surface area contributed by atoms with Crippen LogP contribution in [0.25, 0.3) is 0 Å². The first-order chi connectivity index (χ1) is 19.8. The molecule has 0 aliphatic heterocycles. The third kappa shape index (κ3) is 8.60. The molecule has 4 N–H and O–H groups in total. The number of carbonyl (C=O) groups excluding carboxylic acids is 3. The molecule has 0 heterocycles. The molecular weight excluding hydrogens is 534 g/mol. The van der Waals surface area contributed by atoms with Gasteiger partial charge in [-0.15, -0.1) is 6.58 Å². The van der Waals surface area contributed by atoms with E-state index in [9.17, 15) is 24.6 Å². The molecule has 9 nitrogen and oxygen atoms in total. The number of benzene rings is 3. The number of nitrogens with zero attached hydrogens (tertiary/aromatic N) is 1. The number of anilines is 1. The van der Waals surface area contributed by atoms with E-state index in [0.29, 0.717) is 16.8 Å². The van der Waals surface area contributed by atoms with E-state index in [4.69, 9.17) is 4.74 Å². The van der Waals surface area contributed by atoms with Gasteiger partial charge in [-0.1, -0.05) is 48.5 Å². The van der Waals surface area contributed by atoms with Crippen molar-refractivity contribution in [1.82, 2.24) is 10.2 Å². The second-order valence-corrected chi connectivity index (χ2v) is 11.1. The summed E-state index contributed by atoms with van der Waals surface area (Å²) < 4.78 is 5.44. The molecule has 3 amide bonds. The summed E-state index contributed by atoms with van der Waals surface area (Å²) >= 11 is 0. The predicted molar refractivity (Wildman–Crippen MR) is 162 cm³/mol. The number of para-hydroxylation sites is 1. The second kappa shape index (κ2) is 13.7. The van der Waals surface area contributed by atoms with Crippen LogP contribution in [0, 0.1) is 13.8 Å². The van der Waals surface area contributed by atoms with Gasteiger partial charge in [-0.3, -0.25) is 9.59 Å². The van der Waals surface area contributed by atoms with E-state index in [0.717, 1.165) is 11.1 Å². The van der Waals surface area contributed by atoms with Crippen molar-refractivity contribution in [3.05, 3.63) is 102 Å². The van der Waals surface area contributed by atoms with E-state index in [2.05, 4.69) is 17.2 Å². The zero-order chi connectivity index (χ0) is 31.0. The monoisotopic (exact) mass is 573 g/mol. The fourth-order valence-electron chi connectivity index (χ4n) is 4.55. The summed E-state index contributed by atoms with van der Waals surface area (Å²) in [5.74, 6) is -1.09. The summed E-state index contributed by atoms with van der Waals surface area (Å²) in [7, 11) is 0. The highest BCUT2D eigenvalue weighted by Gasteiger charge is 2.36. The van der Waals surface area contributed by atoms with E-state index < -0.39 is 35.6 Å². The second-order valence-electron chi connectivity index (χ2n) is 11.1. The molecule has 0 aliphatic rings. The maximum absolute atomic E-state index is 14.3. The Morgan fingerprint density at radius 1 is 0.952 bits per heavy atom. The molecule has 9 heteroatoms. The number of amides is 3. The lowest BCUT2D eigenvalue weighted by Crippen LogP contribution is -2.53. The lowest BCUT2D eigenvalue weighted by Gasteiger charge is -2.34. The minimum absolute atomic E-state index is 0.0403. The Bertz CT molecular complexity index is 1410. The van der Waals surface area contributed by atoms with Crippen LogP contribution in [-0.4, -0.2) is 51.2 Å². The SMILES string of the molecule is C=CCN(C(=O)C(Cc1ccc(O)cc1)NC(=O)OC(C)(C)C)C(C(=O)Nc1c(C)cccc1C)c1cccc(O)c1. The van der Waals surface area contributed by atoms with Crippen LogP contribution < -0.4 is 10.6 Å². The molecule has 2 unspecified atom stereocenters. The van der Waals surface area contributed by atoms with Crippen LogP contribution in [0.3, 0.4) is 0 Å². The summed E-state index contributed by atoms with van der Waals surface area (Å²) in [4.78, 5) is 42.5. The van der Waals surface area contributed by atoms with Gasteiger partial charge in [0.25, 0.3) is 5.91 Å². The number of nitrogens with one attached hydrogen (secondary N) is 2. The van der Waals surface area contributed by atoms with Gasteiger partial charge in [0.2, 0.25) is 5.91 Å². The Morgan fingerprint density at radius 2 is 1.57 bits per heavy atom. The number of phenols is 2. The van der Waals surface area contributed by atoms with Crippen LogP contribution in [0.5, 0.6) is 11.5 Å². The number of aryl methyl sites for hydroxylation is 2. The Labute approximate surface area is 246 Å². The minimum atomic E-state index is -1.19. The summed E-state index contributed by atoms with van der Waals surface area (Å²) in [6.07, 6.45) is 0.745. The summed E-state index contributed by atoms with van der Waals surface area (Å²) in [5, 5.41) is 25.6. The van der Waals surface area contributed by atoms with Gasteiger partial charge in [0.1, 0.15) is 29.2 Å². The summed E-state index contributed by atoms with van der Waals surface area (Å²) in [6.45, 7) is 12.6. The van der Waals surface area contributed by atoms with Gasteiger partial charge in [-0.05, 0) is 81.1 Å². The molecule has 0 fully saturated rings. The van der Waals surface area contributed by atoms with Crippen molar-refractivity contribution in [1.29, 1.82) is 0 Å². The van der Waals surface area contributed by atoms with Crippen LogP contribution in [-0.2, 0) is 20.7 Å². The summed E-state index contributed by atoms with van der Waals surface area (Å²) in [6, 6.07) is 15.7. The van der Waals surface area contributed by atoms with Crippen molar-refractivity contribution in [3.8, 4) is 11.5 Å². The molecule has 0 saturated carbocycles. The van der Waals surface area contributed by atoms with E-state index >= 15 is 0 Å². The smallest absolute Gasteiger partial charge is 0.408 e. The standard InChI is InChI=1S/C33H39N3O6/c1-7-18-36(31(40)27(34-32(41)42-33(4,5)6)19-23-14-16-25(37)17-15-23)29(24-12-9-13-26(38)20-24)30(39)35-28-21(2)10-8-11-22(28)3/h7-17,20,27,29,37-38H,1,18-19H2,2-6H3,(H,34,41)(H,35,39). The third-order valence-electron chi connectivity index (χ3n) is 6.45. The zero-order valence-electron chi connectivity index (χ0n) is 24.7. The van der Waals surface area contributed by atoms with Gasteiger partial charge in [0.15, 0.2) is 0 Å². The largest absolute Gasteiger partial charge is 0.508 e. The normalized spacial score (nSPS) is 12.5. The third-order valence-corrected chi connectivity index (χ3v) is 6.45. The number of carbonyl (C=O) groups is 3.